The molecule has 0 saturated carbocycles. The van der Waals surface area contributed by atoms with Gasteiger partial charge in [0.25, 0.3) is 11.8 Å². The van der Waals surface area contributed by atoms with Crippen LogP contribution in [0.15, 0.2) is 18.2 Å². The molecule has 0 aliphatic carbocycles. The Labute approximate surface area is 159 Å². The third kappa shape index (κ3) is 3.24. The van der Waals surface area contributed by atoms with Crippen LogP contribution in [-0.4, -0.2) is 39.4 Å². The molecule has 27 heavy (non-hydrogen) atoms. The molecule has 4 rings (SSSR count). The van der Waals surface area contributed by atoms with Crippen LogP contribution >= 0.6 is 0 Å². The van der Waals surface area contributed by atoms with Crippen molar-refractivity contribution < 1.29 is 9.59 Å². The second-order valence-corrected chi connectivity index (χ2v) is 7.54. The number of aryl methyl sites for hydroxylation is 1. The van der Waals surface area contributed by atoms with E-state index in [2.05, 4.69) is 10.3 Å². The fourth-order valence-electron chi connectivity index (χ4n) is 4.02. The predicted molar refractivity (Wildman–Crippen MR) is 104 cm³/mol. The van der Waals surface area contributed by atoms with E-state index < -0.39 is 0 Å². The molecule has 1 aromatic carbocycles. The van der Waals surface area contributed by atoms with Gasteiger partial charge in [0.05, 0.1) is 5.69 Å². The SMILES string of the molecule is Cc1cccc(NC(=O)c2nc(C(=O)N3CCCC3)n3c2CCCC3)c1C. The number of anilines is 1. The third-order valence-electron chi connectivity index (χ3n) is 5.77. The smallest absolute Gasteiger partial charge is 0.289 e. The number of rotatable bonds is 3. The highest BCUT2D eigenvalue weighted by Crippen LogP contribution is 2.25. The number of benzene rings is 1. The van der Waals surface area contributed by atoms with Gasteiger partial charge < -0.3 is 14.8 Å². The van der Waals surface area contributed by atoms with E-state index in [-0.39, 0.29) is 11.8 Å². The standard InChI is InChI=1S/C21H26N4O2/c1-14-8-7-9-16(15(14)2)22-20(26)18-17-10-3-4-13-25(17)19(23-18)21(27)24-11-5-6-12-24/h7-9H,3-6,10-13H2,1-2H3,(H,22,26). The van der Waals surface area contributed by atoms with Gasteiger partial charge in [0, 0.05) is 25.3 Å². The normalized spacial score (nSPS) is 16.3. The number of likely N-dealkylation sites (tertiary alicyclic amines) is 1. The van der Waals surface area contributed by atoms with E-state index in [0.29, 0.717) is 11.5 Å². The van der Waals surface area contributed by atoms with Crippen LogP contribution in [0, 0.1) is 13.8 Å². The number of nitrogens with zero attached hydrogens (tertiary/aromatic N) is 3. The summed E-state index contributed by atoms with van der Waals surface area (Å²) in [4.78, 5) is 32.3. The van der Waals surface area contributed by atoms with Crippen LogP contribution in [0.25, 0.3) is 0 Å². The second kappa shape index (κ2) is 7.18. The lowest BCUT2D eigenvalue weighted by Gasteiger charge is -2.19. The first-order valence-corrected chi connectivity index (χ1v) is 9.82. The Balaban J connectivity index is 1.67. The molecule has 0 radical (unpaired) electrons. The number of imidazole rings is 1. The van der Waals surface area contributed by atoms with Crippen LogP contribution in [0.4, 0.5) is 5.69 Å². The molecule has 2 aliphatic rings. The summed E-state index contributed by atoms with van der Waals surface area (Å²) in [5.74, 6) is 0.161. The Bertz CT molecular complexity index is 894. The molecular formula is C21H26N4O2. The summed E-state index contributed by atoms with van der Waals surface area (Å²) >= 11 is 0. The van der Waals surface area contributed by atoms with Gasteiger partial charge in [-0.15, -0.1) is 0 Å². The van der Waals surface area contributed by atoms with Gasteiger partial charge >= 0.3 is 0 Å². The number of carbonyl (C=O) groups is 2. The zero-order valence-electron chi connectivity index (χ0n) is 16.0. The highest BCUT2D eigenvalue weighted by atomic mass is 16.2. The number of fused-ring (bicyclic) bond motifs is 1. The summed E-state index contributed by atoms with van der Waals surface area (Å²) in [5, 5.41) is 3.00. The number of carbonyl (C=O) groups excluding carboxylic acids is 2. The summed E-state index contributed by atoms with van der Waals surface area (Å²) < 4.78 is 1.97. The largest absolute Gasteiger partial charge is 0.336 e. The molecule has 2 aliphatic heterocycles. The maximum Gasteiger partial charge on any atom is 0.289 e. The van der Waals surface area contributed by atoms with Crippen molar-refractivity contribution in [3.05, 3.63) is 46.5 Å². The van der Waals surface area contributed by atoms with Crippen molar-refractivity contribution in [3.63, 3.8) is 0 Å². The van der Waals surface area contributed by atoms with Gasteiger partial charge in [0.2, 0.25) is 0 Å². The number of nitrogens with one attached hydrogen (secondary N) is 1. The molecular weight excluding hydrogens is 340 g/mol. The summed E-state index contributed by atoms with van der Waals surface area (Å²) in [7, 11) is 0. The van der Waals surface area contributed by atoms with E-state index >= 15 is 0 Å². The van der Waals surface area contributed by atoms with Gasteiger partial charge in [0.15, 0.2) is 11.5 Å². The lowest BCUT2D eigenvalue weighted by Crippen LogP contribution is -2.31. The molecule has 6 nitrogen and oxygen atoms in total. The summed E-state index contributed by atoms with van der Waals surface area (Å²) in [6.07, 6.45) is 4.91. The summed E-state index contributed by atoms with van der Waals surface area (Å²) in [6.45, 7) is 6.34. The molecule has 1 aromatic heterocycles. The lowest BCUT2D eigenvalue weighted by atomic mass is 10.1. The van der Waals surface area contributed by atoms with Gasteiger partial charge in [-0.1, -0.05) is 12.1 Å². The van der Waals surface area contributed by atoms with Gasteiger partial charge in [-0.2, -0.15) is 0 Å². The Morgan fingerprint density at radius 3 is 2.56 bits per heavy atom. The fraction of sp³-hybridized carbons (Fsp3) is 0.476. The van der Waals surface area contributed by atoms with Crippen LogP contribution in [0.5, 0.6) is 0 Å². The quantitative estimate of drug-likeness (QED) is 0.906. The van der Waals surface area contributed by atoms with Crippen LogP contribution in [0.2, 0.25) is 0 Å². The van der Waals surface area contributed by atoms with Crippen molar-refractivity contribution in [1.82, 2.24) is 14.5 Å². The zero-order chi connectivity index (χ0) is 19.0. The monoisotopic (exact) mass is 366 g/mol. The van der Waals surface area contributed by atoms with Gasteiger partial charge in [-0.05, 0) is 63.1 Å². The van der Waals surface area contributed by atoms with Crippen molar-refractivity contribution in [2.24, 2.45) is 0 Å². The Hall–Kier alpha value is -2.63. The predicted octanol–water partition coefficient (Wildman–Crippen LogP) is 3.32. The zero-order valence-corrected chi connectivity index (χ0v) is 16.0. The number of amides is 2. The minimum absolute atomic E-state index is 0.0403. The molecule has 0 spiro atoms. The van der Waals surface area contributed by atoms with Crippen molar-refractivity contribution in [1.29, 1.82) is 0 Å². The summed E-state index contributed by atoms with van der Waals surface area (Å²) in [6, 6.07) is 5.86. The number of aromatic nitrogens is 2. The van der Waals surface area contributed by atoms with Crippen molar-refractivity contribution in [3.8, 4) is 0 Å². The second-order valence-electron chi connectivity index (χ2n) is 7.54. The Morgan fingerprint density at radius 1 is 1.04 bits per heavy atom. The molecule has 0 unspecified atom stereocenters. The third-order valence-corrected chi connectivity index (χ3v) is 5.77. The van der Waals surface area contributed by atoms with Crippen LogP contribution < -0.4 is 5.32 Å². The first-order chi connectivity index (χ1) is 13.1. The highest BCUT2D eigenvalue weighted by molar-refractivity contribution is 6.05. The molecule has 0 bridgehead atoms. The Kier molecular flexibility index (Phi) is 4.72. The van der Waals surface area contributed by atoms with E-state index in [0.717, 1.165) is 74.2 Å². The van der Waals surface area contributed by atoms with Crippen LogP contribution in [0.1, 0.15) is 63.6 Å². The molecule has 1 saturated heterocycles. The molecule has 1 N–H and O–H groups in total. The van der Waals surface area contributed by atoms with Crippen molar-refractivity contribution in [2.45, 2.75) is 52.5 Å². The maximum atomic E-state index is 13.0. The lowest BCUT2D eigenvalue weighted by molar-refractivity contribution is 0.0774. The van der Waals surface area contributed by atoms with Crippen LogP contribution in [0.3, 0.4) is 0 Å². The molecule has 142 valence electrons. The van der Waals surface area contributed by atoms with Crippen LogP contribution in [-0.2, 0) is 13.0 Å². The average molecular weight is 366 g/mol. The van der Waals surface area contributed by atoms with E-state index in [4.69, 9.17) is 0 Å². The first kappa shape index (κ1) is 17.8. The Morgan fingerprint density at radius 2 is 1.78 bits per heavy atom. The number of hydrogen-bond donors (Lipinski definition) is 1. The van der Waals surface area contributed by atoms with Gasteiger partial charge in [0.1, 0.15) is 0 Å². The van der Waals surface area contributed by atoms with Crippen molar-refractivity contribution in [2.75, 3.05) is 18.4 Å². The average Bonchev–Trinajstić information content (AvgIpc) is 3.33. The minimum atomic E-state index is -0.227. The van der Waals surface area contributed by atoms with Crippen molar-refractivity contribution >= 4 is 17.5 Å². The molecule has 2 amide bonds. The van der Waals surface area contributed by atoms with Gasteiger partial charge in [-0.25, -0.2) is 4.98 Å². The minimum Gasteiger partial charge on any atom is -0.336 e. The van der Waals surface area contributed by atoms with E-state index in [1.54, 1.807) is 0 Å². The van der Waals surface area contributed by atoms with E-state index in [1.165, 1.54) is 0 Å². The topological polar surface area (TPSA) is 67.2 Å². The molecule has 3 heterocycles. The maximum absolute atomic E-state index is 13.0. The molecule has 6 heteroatoms. The first-order valence-electron chi connectivity index (χ1n) is 9.82. The molecule has 0 atom stereocenters. The molecule has 2 aromatic rings. The fourth-order valence-corrected chi connectivity index (χ4v) is 4.02. The number of hydrogen-bond acceptors (Lipinski definition) is 3. The summed E-state index contributed by atoms with van der Waals surface area (Å²) in [5.41, 5.74) is 4.27. The van der Waals surface area contributed by atoms with Gasteiger partial charge in [-0.3, -0.25) is 9.59 Å². The molecule has 1 fully saturated rings. The van der Waals surface area contributed by atoms with E-state index in [1.807, 2.05) is 41.5 Å². The van der Waals surface area contributed by atoms with E-state index in [9.17, 15) is 9.59 Å². The highest BCUT2D eigenvalue weighted by Gasteiger charge is 2.30.